The first kappa shape index (κ1) is 13.2. The van der Waals surface area contributed by atoms with Gasteiger partial charge in [0.2, 0.25) is 0 Å². The smallest absolute Gasteiger partial charge is 0.0776 e. The van der Waals surface area contributed by atoms with Gasteiger partial charge < -0.3 is 10.6 Å². The van der Waals surface area contributed by atoms with Gasteiger partial charge in [0, 0.05) is 18.3 Å². The molecule has 0 amide bonds. The minimum absolute atomic E-state index is 0.138. The van der Waals surface area contributed by atoms with Gasteiger partial charge in [0.15, 0.2) is 0 Å². The van der Waals surface area contributed by atoms with E-state index >= 15 is 0 Å². The number of nitrogens with zero attached hydrogens (tertiary/aromatic N) is 1. The maximum atomic E-state index is 6.53. The third-order valence-electron chi connectivity index (χ3n) is 4.61. The van der Waals surface area contributed by atoms with Gasteiger partial charge in [0.1, 0.15) is 0 Å². The lowest BCUT2D eigenvalue weighted by Crippen LogP contribution is -2.59. The number of para-hydroxylation sites is 1. The molecule has 104 valence electrons. The average molecular weight is 266 g/mol. The Hall–Kier alpha value is -1.80. The van der Waals surface area contributed by atoms with Gasteiger partial charge in [-0.1, -0.05) is 48.5 Å². The molecule has 1 aliphatic rings. The topological polar surface area (TPSA) is 29.3 Å². The van der Waals surface area contributed by atoms with Crippen LogP contribution in [0.15, 0.2) is 60.7 Å². The van der Waals surface area contributed by atoms with E-state index in [0.29, 0.717) is 0 Å². The molecule has 0 aliphatic carbocycles. The zero-order valence-electron chi connectivity index (χ0n) is 12.0. The number of rotatable bonds is 2. The van der Waals surface area contributed by atoms with E-state index in [1.165, 1.54) is 11.3 Å². The SMILES string of the molecule is CC1(c2ccccc2)C(N)CCCN1c1ccccc1. The zero-order chi connectivity index (χ0) is 14.0. The van der Waals surface area contributed by atoms with Crippen molar-refractivity contribution in [1.82, 2.24) is 0 Å². The Bertz CT molecular complexity index is 552. The summed E-state index contributed by atoms with van der Waals surface area (Å²) in [7, 11) is 0. The molecule has 2 aromatic rings. The van der Waals surface area contributed by atoms with E-state index in [4.69, 9.17) is 5.73 Å². The van der Waals surface area contributed by atoms with E-state index in [2.05, 4.69) is 72.5 Å². The molecule has 20 heavy (non-hydrogen) atoms. The lowest BCUT2D eigenvalue weighted by molar-refractivity contribution is 0.291. The molecule has 2 aromatic carbocycles. The first-order chi connectivity index (χ1) is 9.73. The summed E-state index contributed by atoms with van der Waals surface area (Å²) >= 11 is 0. The molecule has 2 N–H and O–H groups in total. The highest BCUT2D eigenvalue weighted by Crippen LogP contribution is 2.39. The van der Waals surface area contributed by atoms with Crippen molar-refractivity contribution in [2.45, 2.75) is 31.3 Å². The van der Waals surface area contributed by atoms with Gasteiger partial charge >= 0.3 is 0 Å². The lowest BCUT2D eigenvalue weighted by Gasteiger charge is -2.50. The predicted molar refractivity (Wildman–Crippen MR) is 84.8 cm³/mol. The summed E-state index contributed by atoms with van der Waals surface area (Å²) in [6.45, 7) is 3.34. The van der Waals surface area contributed by atoms with Crippen LogP contribution in [-0.2, 0) is 5.54 Å². The predicted octanol–water partition coefficient (Wildman–Crippen LogP) is 3.53. The van der Waals surface area contributed by atoms with Crippen molar-refractivity contribution in [1.29, 1.82) is 0 Å². The minimum Gasteiger partial charge on any atom is -0.360 e. The van der Waals surface area contributed by atoms with E-state index < -0.39 is 0 Å². The summed E-state index contributed by atoms with van der Waals surface area (Å²) in [4.78, 5) is 2.47. The first-order valence-electron chi connectivity index (χ1n) is 7.37. The summed E-state index contributed by atoms with van der Waals surface area (Å²) in [6.07, 6.45) is 2.23. The maximum Gasteiger partial charge on any atom is 0.0776 e. The Kier molecular flexibility index (Phi) is 3.49. The molecule has 1 fully saturated rings. The third kappa shape index (κ3) is 2.10. The normalized spacial score (nSPS) is 26.5. The van der Waals surface area contributed by atoms with Crippen molar-refractivity contribution in [2.24, 2.45) is 5.73 Å². The van der Waals surface area contributed by atoms with Crippen molar-refractivity contribution in [3.63, 3.8) is 0 Å². The number of benzene rings is 2. The van der Waals surface area contributed by atoms with Crippen molar-refractivity contribution < 1.29 is 0 Å². The molecule has 0 aromatic heterocycles. The van der Waals surface area contributed by atoms with Crippen LogP contribution in [0.3, 0.4) is 0 Å². The fourth-order valence-corrected chi connectivity index (χ4v) is 3.33. The first-order valence-corrected chi connectivity index (χ1v) is 7.37. The molecule has 1 aliphatic heterocycles. The van der Waals surface area contributed by atoms with E-state index in [0.717, 1.165) is 19.4 Å². The van der Waals surface area contributed by atoms with Crippen LogP contribution in [0.25, 0.3) is 0 Å². The lowest BCUT2D eigenvalue weighted by atomic mass is 9.78. The highest BCUT2D eigenvalue weighted by molar-refractivity contribution is 5.52. The number of anilines is 1. The monoisotopic (exact) mass is 266 g/mol. The second kappa shape index (κ2) is 5.29. The Morgan fingerprint density at radius 1 is 1.00 bits per heavy atom. The second-order valence-electron chi connectivity index (χ2n) is 5.75. The van der Waals surface area contributed by atoms with Crippen molar-refractivity contribution in [3.8, 4) is 0 Å². The Labute approximate surface area is 121 Å². The molecule has 2 heteroatoms. The van der Waals surface area contributed by atoms with Gasteiger partial charge in [-0.3, -0.25) is 0 Å². The summed E-state index contributed by atoms with van der Waals surface area (Å²) < 4.78 is 0. The van der Waals surface area contributed by atoms with Crippen LogP contribution in [0, 0.1) is 0 Å². The van der Waals surface area contributed by atoms with E-state index in [9.17, 15) is 0 Å². The minimum atomic E-state index is -0.138. The zero-order valence-corrected chi connectivity index (χ0v) is 12.0. The Morgan fingerprint density at radius 3 is 2.25 bits per heavy atom. The van der Waals surface area contributed by atoms with E-state index in [1.807, 2.05) is 0 Å². The fraction of sp³-hybridized carbons (Fsp3) is 0.333. The molecule has 1 heterocycles. The third-order valence-corrected chi connectivity index (χ3v) is 4.61. The van der Waals surface area contributed by atoms with Crippen LogP contribution in [0.4, 0.5) is 5.69 Å². The van der Waals surface area contributed by atoms with E-state index in [-0.39, 0.29) is 11.6 Å². The summed E-state index contributed by atoms with van der Waals surface area (Å²) in [5, 5.41) is 0. The molecule has 2 unspecified atom stereocenters. The average Bonchev–Trinajstić information content (AvgIpc) is 2.52. The number of nitrogens with two attached hydrogens (primary N) is 1. The van der Waals surface area contributed by atoms with Crippen LogP contribution >= 0.6 is 0 Å². The van der Waals surface area contributed by atoms with Gasteiger partial charge in [-0.05, 0) is 37.5 Å². The van der Waals surface area contributed by atoms with Gasteiger partial charge in [-0.15, -0.1) is 0 Å². The summed E-state index contributed by atoms with van der Waals surface area (Å²) in [6, 6.07) is 21.4. The molecule has 3 rings (SSSR count). The Balaban J connectivity index is 2.07. The molecule has 2 atom stereocenters. The highest BCUT2D eigenvalue weighted by Gasteiger charge is 2.41. The molecule has 0 radical (unpaired) electrons. The molecule has 0 saturated carbocycles. The van der Waals surface area contributed by atoms with Crippen LogP contribution in [-0.4, -0.2) is 12.6 Å². The highest BCUT2D eigenvalue weighted by atomic mass is 15.2. The van der Waals surface area contributed by atoms with Crippen LogP contribution in [0.2, 0.25) is 0 Å². The van der Waals surface area contributed by atoms with Crippen LogP contribution in [0.5, 0.6) is 0 Å². The Morgan fingerprint density at radius 2 is 1.60 bits per heavy atom. The summed E-state index contributed by atoms with van der Waals surface area (Å²) in [5.41, 5.74) is 8.95. The van der Waals surface area contributed by atoms with Crippen molar-refractivity contribution in [2.75, 3.05) is 11.4 Å². The fourth-order valence-electron chi connectivity index (χ4n) is 3.33. The number of hydrogen-bond acceptors (Lipinski definition) is 2. The number of hydrogen-bond donors (Lipinski definition) is 1. The second-order valence-corrected chi connectivity index (χ2v) is 5.75. The molecular weight excluding hydrogens is 244 g/mol. The molecule has 1 saturated heterocycles. The standard InChI is InChI=1S/C18H22N2/c1-18(15-9-4-2-5-10-15)17(19)13-8-14-20(18)16-11-6-3-7-12-16/h2-7,9-12,17H,8,13-14,19H2,1H3. The quantitative estimate of drug-likeness (QED) is 0.901. The van der Waals surface area contributed by atoms with Gasteiger partial charge in [0.05, 0.1) is 5.54 Å². The molecular formula is C18H22N2. The van der Waals surface area contributed by atoms with Gasteiger partial charge in [-0.25, -0.2) is 0 Å². The van der Waals surface area contributed by atoms with Crippen molar-refractivity contribution >= 4 is 5.69 Å². The number of piperidine rings is 1. The van der Waals surface area contributed by atoms with Gasteiger partial charge in [0.25, 0.3) is 0 Å². The molecule has 0 bridgehead atoms. The molecule has 2 nitrogen and oxygen atoms in total. The maximum absolute atomic E-state index is 6.53. The molecule has 0 spiro atoms. The summed E-state index contributed by atoms with van der Waals surface area (Å²) in [5.74, 6) is 0. The van der Waals surface area contributed by atoms with Crippen LogP contribution in [0.1, 0.15) is 25.3 Å². The largest absolute Gasteiger partial charge is 0.360 e. The van der Waals surface area contributed by atoms with Crippen molar-refractivity contribution in [3.05, 3.63) is 66.2 Å². The van der Waals surface area contributed by atoms with Crippen LogP contribution < -0.4 is 10.6 Å². The van der Waals surface area contributed by atoms with Gasteiger partial charge in [-0.2, -0.15) is 0 Å². The van der Waals surface area contributed by atoms with E-state index in [1.54, 1.807) is 0 Å².